The lowest BCUT2D eigenvalue weighted by Crippen LogP contribution is -2.22. The maximum Gasteiger partial charge on any atom is 0.321 e. The van der Waals surface area contributed by atoms with Gasteiger partial charge in [-0.3, -0.25) is 0 Å². The molecule has 0 unspecified atom stereocenters. The van der Waals surface area contributed by atoms with Crippen LogP contribution in [0.1, 0.15) is 12.8 Å². The lowest BCUT2D eigenvalue weighted by atomic mass is 10.2. The highest BCUT2D eigenvalue weighted by molar-refractivity contribution is 8.06. The van der Waals surface area contributed by atoms with Crippen LogP contribution in [0.2, 0.25) is 0 Å². The van der Waals surface area contributed by atoms with Crippen LogP contribution in [0.3, 0.4) is 0 Å². The van der Waals surface area contributed by atoms with E-state index in [1.165, 1.54) is 0 Å². The summed E-state index contributed by atoms with van der Waals surface area (Å²) < 4.78 is 9.78. The highest BCUT2D eigenvalue weighted by atomic mass is 32.5. The van der Waals surface area contributed by atoms with Crippen molar-refractivity contribution in [2.75, 3.05) is 6.61 Å². The van der Waals surface area contributed by atoms with E-state index in [2.05, 4.69) is 16.3 Å². The second kappa shape index (κ2) is 4.11. The Bertz CT molecular complexity index is 196. The first kappa shape index (κ1) is 10.5. The molecule has 1 heterocycles. The van der Waals surface area contributed by atoms with Crippen LogP contribution in [-0.4, -0.2) is 28.7 Å². The molecule has 0 aliphatic carbocycles. The molecule has 0 saturated carbocycles. The van der Waals surface area contributed by atoms with Gasteiger partial charge in [0.25, 0.3) is 0 Å². The molecule has 0 aromatic heterocycles. The minimum atomic E-state index is -3.53. The highest BCUT2D eigenvalue weighted by Crippen LogP contribution is 2.37. The van der Waals surface area contributed by atoms with Gasteiger partial charge in [0.1, 0.15) is 6.23 Å². The molecular formula is C5H12NO4PS. The van der Waals surface area contributed by atoms with Crippen molar-refractivity contribution < 1.29 is 19.0 Å². The van der Waals surface area contributed by atoms with Gasteiger partial charge in [-0.25, -0.2) is 0 Å². The van der Waals surface area contributed by atoms with Gasteiger partial charge in [-0.2, -0.15) is 0 Å². The molecule has 5 nitrogen and oxygen atoms in total. The number of rotatable bonds is 3. The molecule has 1 rings (SSSR count). The summed E-state index contributed by atoms with van der Waals surface area (Å²) in [6.45, 7) is -3.42. The molecule has 2 atom stereocenters. The normalized spacial score (nSPS) is 30.9. The largest absolute Gasteiger partial charge is 0.358 e. The van der Waals surface area contributed by atoms with Crippen molar-refractivity contribution in [1.82, 2.24) is 0 Å². The molecule has 72 valence electrons. The van der Waals surface area contributed by atoms with E-state index < -0.39 is 6.72 Å². The zero-order valence-electron chi connectivity index (χ0n) is 6.42. The zero-order valence-corrected chi connectivity index (χ0v) is 8.13. The number of nitrogens with two attached hydrogens (primary N) is 1. The molecule has 0 spiro atoms. The molecule has 7 heteroatoms. The van der Waals surface area contributed by atoms with Crippen LogP contribution in [0.25, 0.3) is 0 Å². The van der Waals surface area contributed by atoms with Gasteiger partial charge in [0.2, 0.25) is 0 Å². The first-order valence-electron chi connectivity index (χ1n) is 3.58. The van der Waals surface area contributed by atoms with Crippen molar-refractivity contribution >= 4 is 18.5 Å². The predicted molar refractivity (Wildman–Crippen MR) is 46.8 cm³/mol. The maximum atomic E-state index is 8.72. The molecular weight excluding hydrogens is 201 g/mol. The van der Waals surface area contributed by atoms with Crippen molar-refractivity contribution in [3.05, 3.63) is 0 Å². The van der Waals surface area contributed by atoms with Gasteiger partial charge in [0, 0.05) is 0 Å². The van der Waals surface area contributed by atoms with Gasteiger partial charge in [-0.05, 0) is 24.6 Å². The molecule has 0 aromatic rings. The lowest BCUT2D eigenvalue weighted by Gasteiger charge is -2.13. The Labute approximate surface area is 75.7 Å². The average Bonchev–Trinajstić information content (AvgIpc) is 2.30. The number of ether oxygens (including phenoxy) is 1. The first-order chi connectivity index (χ1) is 5.47. The molecule has 1 aliphatic rings. The maximum absolute atomic E-state index is 8.72. The fourth-order valence-corrected chi connectivity index (χ4v) is 1.58. The van der Waals surface area contributed by atoms with E-state index in [4.69, 9.17) is 20.3 Å². The lowest BCUT2D eigenvalue weighted by molar-refractivity contribution is 0.0180. The molecule has 1 aliphatic heterocycles. The van der Waals surface area contributed by atoms with Gasteiger partial charge in [-0.15, -0.1) is 0 Å². The molecule has 1 fully saturated rings. The van der Waals surface area contributed by atoms with E-state index in [1.807, 2.05) is 0 Å². The minimum Gasteiger partial charge on any atom is -0.358 e. The topological polar surface area (TPSA) is 84.9 Å². The molecule has 0 radical (unpaired) electrons. The number of hydrogen-bond acceptors (Lipinski definition) is 4. The van der Waals surface area contributed by atoms with E-state index >= 15 is 0 Å². The van der Waals surface area contributed by atoms with Crippen LogP contribution in [0.15, 0.2) is 0 Å². The van der Waals surface area contributed by atoms with Gasteiger partial charge in [0.05, 0.1) is 12.7 Å². The molecule has 0 bridgehead atoms. The summed E-state index contributed by atoms with van der Waals surface area (Å²) in [4.78, 5) is 17.4. The molecule has 4 N–H and O–H groups in total. The van der Waals surface area contributed by atoms with Crippen molar-refractivity contribution in [2.24, 2.45) is 5.73 Å². The van der Waals surface area contributed by atoms with Crippen LogP contribution >= 0.6 is 6.72 Å². The third-order valence-corrected chi connectivity index (χ3v) is 2.37. The van der Waals surface area contributed by atoms with Crippen LogP contribution in [-0.2, 0) is 21.1 Å². The third kappa shape index (κ3) is 3.91. The Morgan fingerprint density at radius 2 is 2.25 bits per heavy atom. The van der Waals surface area contributed by atoms with Gasteiger partial charge >= 0.3 is 6.72 Å². The van der Waals surface area contributed by atoms with E-state index in [-0.39, 0.29) is 18.9 Å². The fourth-order valence-electron chi connectivity index (χ4n) is 1.04. The standard InChI is InChI=1S/C5H12NO4PS/c6-5-2-1-4(10-5)3-9-11(7,8)12/h4-5H,1-3,6H2,(H2,7,8,12)/t4-,5+/m0/s1. The average molecular weight is 213 g/mol. The molecule has 12 heavy (non-hydrogen) atoms. The smallest absolute Gasteiger partial charge is 0.321 e. The number of hydrogen-bond donors (Lipinski definition) is 3. The van der Waals surface area contributed by atoms with Crippen LogP contribution < -0.4 is 5.73 Å². The summed E-state index contributed by atoms with van der Waals surface area (Å²) in [6, 6.07) is 0. The van der Waals surface area contributed by atoms with Crippen LogP contribution in [0, 0.1) is 0 Å². The van der Waals surface area contributed by atoms with Crippen molar-refractivity contribution in [3.63, 3.8) is 0 Å². The SMILES string of the molecule is N[C@H]1CC[C@@H](COP(O)(O)=S)O1. The summed E-state index contributed by atoms with van der Waals surface area (Å²) in [6.07, 6.45) is 1.14. The van der Waals surface area contributed by atoms with Crippen LogP contribution in [0.5, 0.6) is 0 Å². The Hall–Kier alpha value is 0.450. The monoisotopic (exact) mass is 213 g/mol. The molecule has 0 amide bonds. The second-order valence-electron chi connectivity index (χ2n) is 2.66. The quantitative estimate of drug-likeness (QED) is 0.557. The van der Waals surface area contributed by atoms with E-state index in [0.717, 1.165) is 12.8 Å². The first-order valence-corrected chi connectivity index (χ1v) is 6.21. The Morgan fingerprint density at radius 3 is 2.67 bits per heavy atom. The van der Waals surface area contributed by atoms with Crippen LogP contribution in [0.4, 0.5) is 0 Å². The zero-order chi connectivity index (χ0) is 9.19. The van der Waals surface area contributed by atoms with Crippen molar-refractivity contribution in [3.8, 4) is 0 Å². The minimum absolute atomic E-state index is 0.109. The van der Waals surface area contributed by atoms with E-state index in [1.54, 1.807) is 0 Å². The third-order valence-electron chi connectivity index (χ3n) is 1.57. The van der Waals surface area contributed by atoms with E-state index in [9.17, 15) is 0 Å². The fraction of sp³-hybridized carbons (Fsp3) is 1.00. The van der Waals surface area contributed by atoms with Gasteiger partial charge in [0.15, 0.2) is 0 Å². The summed E-state index contributed by atoms with van der Waals surface area (Å²) >= 11 is 4.26. The molecule has 1 saturated heterocycles. The summed E-state index contributed by atoms with van der Waals surface area (Å²) in [5, 5.41) is 0. The van der Waals surface area contributed by atoms with Crippen molar-refractivity contribution in [1.29, 1.82) is 0 Å². The van der Waals surface area contributed by atoms with Gasteiger partial charge in [-0.1, -0.05) is 0 Å². The Balaban J connectivity index is 2.21. The van der Waals surface area contributed by atoms with Gasteiger partial charge < -0.3 is 24.8 Å². The second-order valence-corrected chi connectivity index (χ2v) is 5.33. The Morgan fingerprint density at radius 1 is 1.58 bits per heavy atom. The highest BCUT2D eigenvalue weighted by Gasteiger charge is 2.24. The summed E-state index contributed by atoms with van der Waals surface area (Å²) in [5.74, 6) is 0. The molecule has 0 aromatic carbocycles. The summed E-state index contributed by atoms with van der Waals surface area (Å²) in [5.41, 5.74) is 5.44. The van der Waals surface area contributed by atoms with Crippen molar-refractivity contribution in [2.45, 2.75) is 25.2 Å². The summed E-state index contributed by atoms with van der Waals surface area (Å²) in [7, 11) is 0. The predicted octanol–water partition coefficient (Wildman–Crippen LogP) is -0.324. The van der Waals surface area contributed by atoms with E-state index in [0.29, 0.717) is 0 Å². The Kier molecular flexibility index (Phi) is 3.60.